The van der Waals surface area contributed by atoms with Crippen LogP contribution >= 0.6 is 11.6 Å². The molecule has 1 aromatic rings. The number of urea groups is 1. The number of amides is 2. The van der Waals surface area contributed by atoms with E-state index in [1.165, 1.54) is 4.90 Å². The molecule has 0 aliphatic rings. The number of aryl methyl sites for hydroxylation is 1. The first-order valence-corrected chi connectivity index (χ1v) is 6.00. The van der Waals surface area contributed by atoms with Gasteiger partial charge >= 0.3 is 6.03 Å². The van der Waals surface area contributed by atoms with Crippen LogP contribution in [0.15, 0.2) is 18.2 Å². The van der Waals surface area contributed by atoms with Crippen LogP contribution in [0.2, 0.25) is 5.02 Å². The van der Waals surface area contributed by atoms with Crippen molar-refractivity contribution >= 4 is 29.3 Å². The van der Waals surface area contributed by atoms with Gasteiger partial charge in [-0.15, -0.1) is 0 Å². The predicted octanol–water partition coefficient (Wildman–Crippen LogP) is 2.33. The zero-order valence-corrected chi connectivity index (χ0v) is 11.2. The molecule has 98 valence electrons. The molecule has 2 amide bonds. The molecular formula is C12H17ClN4O. The van der Waals surface area contributed by atoms with E-state index in [-0.39, 0.29) is 0 Å². The summed E-state index contributed by atoms with van der Waals surface area (Å²) in [6.45, 7) is 2.09. The molecule has 0 aliphatic heterocycles. The van der Waals surface area contributed by atoms with E-state index in [1.807, 2.05) is 12.1 Å². The van der Waals surface area contributed by atoms with Crippen molar-refractivity contribution < 1.29 is 4.79 Å². The van der Waals surface area contributed by atoms with Crippen molar-refractivity contribution in [1.82, 2.24) is 5.32 Å². The van der Waals surface area contributed by atoms with Gasteiger partial charge in [0.2, 0.25) is 0 Å². The number of hydrogen-bond donors (Lipinski definition) is 3. The van der Waals surface area contributed by atoms with Crippen LogP contribution in [-0.2, 0) is 6.42 Å². The van der Waals surface area contributed by atoms with Gasteiger partial charge in [0.15, 0.2) is 5.96 Å². The minimum Gasteiger partial charge on any atom is -0.370 e. The topological polar surface area (TPSA) is 82.2 Å². The third kappa shape index (κ3) is 3.63. The van der Waals surface area contributed by atoms with E-state index in [4.69, 9.17) is 22.7 Å². The molecule has 0 aliphatic carbocycles. The fraction of sp³-hybridized carbons (Fsp3) is 0.333. The van der Waals surface area contributed by atoms with Gasteiger partial charge in [0.25, 0.3) is 0 Å². The van der Waals surface area contributed by atoms with Gasteiger partial charge in [-0.2, -0.15) is 0 Å². The maximum atomic E-state index is 11.7. The Balaban J connectivity index is 2.89. The Labute approximate surface area is 111 Å². The lowest BCUT2D eigenvalue weighted by Gasteiger charge is -2.19. The van der Waals surface area contributed by atoms with Crippen LogP contribution in [0.5, 0.6) is 0 Å². The van der Waals surface area contributed by atoms with Crippen molar-refractivity contribution in [3.8, 4) is 0 Å². The van der Waals surface area contributed by atoms with Gasteiger partial charge < -0.3 is 5.73 Å². The lowest BCUT2D eigenvalue weighted by molar-refractivity contribution is 0.251. The summed E-state index contributed by atoms with van der Waals surface area (Å²) in [6.07, 6.45) is 1.99. The number of carbonyl (C=O) groups excluding carboxylic acids is 1. The quantitative estimate of drug-likeness (QED) is 0.581. The minimum absolute atomic E-state index is 0.398. The second kappa shape index (κ2) is 6.26. The number of nitrogens with one attached hydrogen (secondary N) is 2. The van der Waals surface area contributed by atoms with Crippen molar-refractivity contribution in [1.29, 1.82) is 5.41 Å². The Hall–Kier alpha value is -1.75. The summed E-state index contributed by atoms with van der Waals surface area (Å²) in [6, 6.07) is 5.07. The zero-order chi connectivity index (χ0) is 13.7. The van der Waals surface area contributed by atoms with E-state index in [0.717, 1.165) is 18.4 Å². The molecule has 0 unspecified atom stereocenters. The first kappa shape index (κ1) is 14.3. The third-order valence-corrected chi connectivity index (χ3v) is 2.76. The van der Waals surface area contributed by atoms with Crippen LogP contribution in [0, 0.1) is 5.41 Å². The molecule has 5 nitrogen and oxygen atoms in total. The van der Waals surface area contributed by atoms with Gasteiger partial charge in [0.1, 0.15) is 0 Å². The number of halogens is 1. The van der Waals surface area contributed by atoms with E-state index >= 15 is 0 Å². The summed E-state index contributed by atoms with van der Waals surface area (Å²) < 4.78 is 0. The van der Waals surface area contributed by atoms with E-state index in [1.54, 1.807) is 13.1 Å². The Morgan fingerprint density at radius 1 is 1.56 bits per heavy atom. The first-order chi connectivity index (χ1) is 8.45. The van der Waals surface area contributed by atoms with Gasteiger partial charge in [-0.25, -0.2) is 4.79 Å². The summed E-state index contributed by atoms with van der Waals surface area (Å²) in [5.41, 5.74) is 6.81. The number of hydrogen-bond acceptors (Lipinski definition) is 2. The fourth-order valence-electron chi connectivity index (χ4n) is 1.58. The lowest BCUT2D eigenvalue weighted by atomic mass is 10.1. The molecule has 0 aromatic heterocycles. The standard InChI is InChI=1S/C12H17ClN4O/c1-3-4-8-5-6-10(9(13)7-8)17(2)12(18)16-11(14)15/h5-7H,3-4H2,1-2H3,(H4,14,15,16,18). The SMILES string of the molecule is CCCc1ccc(N(C)C(=O)NC(=N)N)c(Cl)c1. The number of carbonyl (C=O) groups is 1. The van der Waals surface area contributed by atoms with Crippen molar-refractivity contribution in [2.24, 2.45) is 5.73 Å². The molecule has 1 aromatic carbocycles. The largest absolute Gasteiger partial charge is 0.370 e. The number of anilines is 1. The van der Waals surface area contributed by atoms with Crippen LogP contribution in [0.4, 0.5) is 10.5 Å². The molecule has 0 spiro atoms. The number of rotatable bonds is 3. The van der Waals surface area contributed by atoms with E-state index in [9.17, 15) is 4.79 Å². The molecule has 0 saturated heterocycles. The molecule has 6 heteroatoms. The molecule has 0 bridgehead atoms. The van der Waals surface area contributed by atoms with Gasteiger partial charge in [-0.3, -0.25) is 15.6 Å². The summed E-state index contributed by atoms with van der Waals surface area (Å²) in [4.78, 5) is 13.0. The first-order valence-electron chi connectivity index (χ1n) is 5.62. The molecule has 0 radical (unpaired) electrons. The lowest BCUT2D eigenvalue weighted by Crippen LogP contribution is -2.43. The van der Waals surface area contributed by atoms with Crippen molar-refractivity contribution in [3.63, 3.8) is 0 Å². The Bertz CT molecular complexity index is 461. The number of guanidine groups is 1. The number of nitrogens with two attached hydrogens (primary N) is 1. The van der Waals surface area contributed by atoms with Crippen LogP contribution in [0.25, 0.3) is 0 Å². The summed E-state index contributed by atoms with van der Waals surface area (Å²) in [5.74, 6) is -0.398. The highest BCUT2D eigenvalue weighted by atomic mass is 35.5. The molecule has 0 fully saturated rings. The highest BCUT2D eigenvalue weighted by Gasteiger charge is 2.14. The summed E-state index contributed by atoms with van der Waals surface area (Å²) in [5, 5.41) is 9.71. The van der Waals surface area contributed by atoms with E-state index in [2.05, 4.69) is 12.2 Å². The van der Waals surface area contributed by atoms with Crippen molar-refractivity contribution in [2.45, 2.75) is 19.8 Å². The molecule has 0 heterocycles. The molecule has 4 N–H and O–H groups in total. The molecule has 18 heavy (non-hydrogen) atoms. The van der Waals surface area contributed by atoms with Crippen LogP contribution < -0.4 is 16.0 Å². The Morgan fingerprint density at radius 2 is 2.22 bits per heavy atom. The van der Waals surface area contributed by atoms with Gasteiger partial charge in [-0.1, -0.05) is 31.0 Å². The predicted molar refractivity (Wildman–Crippen MR) is 74.3 cm³/mol. The van der Waals surface area contributed by atoms with E-state index in [0.29, 0.717) is 10.7 Å². The third-order valence-electron chi connectivity index (χ3n) is 2.46. The molecule has 1 rings (SSSR count). The Kier molecular flexibility index (Phi) is 4.97. The van der Waals surface area contributed by atoms with E-state index < -0.39 is 12.0 Å². The molecule has 0 atom stereocenters. The molecule has 0 saturated carbocycles. The zero-order valence-electron chi connectivity index (χ0n) is 10.5. The fourth-order valence-corrected chi connectivity index (χ4v) is 1.90. The van der Waals surface area contributed by atoms with Gasteiger partial charge in [0, 0.05) is 7.05 Å². The van der Waals surface area contributed by atoms with Crippen LogP contribution in [0.1, 0.15) is 18.9 Å². The smallest absolute Gasteiger partial charge is 0.328 e. The van der Waals surface area contributed by atoms with Crippen molar-refractivity contribution in [3.05, 3.63) is 28.8 Å². The maximum Gasteiger partial charge on any atom is 0.328 e. The minimum atomic E-state index is -0.493. The van der Waals surface area contributed by atoms with Gasteiger partial charge in [-0.05, 0) is 24.1 Å². The summed E-state index contributed by atoms with van der Waals surface area (Å²) in [7, 11) is 1.57. The monoisotopic (exact) mass is 268 g/mol. The number of benzene rings is 1. The number of nitrogens with zero attached hydrogens (tertiary/aromatic N) is 1. The molecular weight excluding hydrogens is 252 g/mol. The maximum absolute atomic E-state index is 11.7. The average molecular weight is 269 g/mol. The Morgan fingerprint density at radius 3 is 2.72 bits per heavy atom. The van der Waals surface area contributed by atoms with Crippen LogP contribution in [0.3, 0.4) is 0 Å². The van der Waals surface area contributed by atoms with Crippen LogP contribution in [-0.4, -0.2) is 19.0 Å². The highest BCUT2D eigenvalue weighted by Crippen LogP contribution is 2.26. The normalized spacial score (nSPS) is 9.94. The summed E-state index contributed by atoms with van der Waals surface area (Å²) >= 11 is 6.13. The van der Waals surface area contributed by atoms with Crippen molar-refractivity contribution in [2.75, 3.05) is 11.9 Å². The second-order valence-corrected chi connectivity index (χ2v) is 4.35. The average Bonchev–Trinajstić information content (AvgIpc) is 2.28. The highest BCUT2D eigenvalue weighted by molar-refractivity contribution is 6.34. The van der Waals surface area contributed by atoms with Gasteiger partial charge in [0.05, 0.1) is 10.7 Å². The second-order valence-electron chi connectivity index (χ2n) is 3.94.